The first-order chi connectivity index (χ1) is 19.6. The van der Waals surface area contributed by atoms with Gasteiger partial charge in [0.15, 0.2) is 11.5 Å². The van der Waals surface area contributed by atoms with Crippen LogP contribution in [0.3, 0.4) is 0 Å². The molecular weight excluding hydrogens is 514 g/mol. The predicted molar refractivity (Wildman–Crippen MR) is 161 cm³/mol. The fourth-order valence-corrected chi connectivity index (χ4v) is 4.96. The Morgan fingerprint density at radius 1 is 1.00 bits per heavy atom. The summed E-state index contributed by atoms with van der Waals surface area (Å²) in [6.07, 6.45) is 1.48. The second kappa shape index (κ2) is 11.5. The van der Waals surface area contributed by atoms with Crippen LogP contribution >= 0.6 is 0 Å². The fraction of sp³-hybridized carbons (Fsp3) is 0.303. The van der Waals surface area contributed by atoms with E-state index in [9.17, 15) is 4.79 Å². The van der Waals surface area contributed by atoms with Crippen molar-refractivity contribution in [3.63, 3.8) is 0 Å². The zero-order valence-corrected chi connectivity index (χ0v) is 24.5. The number of aryl methyl sites for hydroxylation is 1. The summed E-state index contributed by atoms with van der Waals surface area (Å²) in [6, 6.07) is 21.5. The minimum absolute atomic E-state index is 0.0958. The number of carbonyl (C=O) groups is 1. The molecule has 1 amide bonds. The lowest BCUT2D eigenvalue weighted by Gasteiger charge is -2.29. The minimum Gasteiger partial charge on any atom is -0.490 e. The smallest absolute Gasteiger partial charge is 0.255 e. The molecule has 1 aliphatic heterocycles. The van der Waals surface area contributed by atoms with Crippen molar-refractivity contribution >= 4 is 17.5 Å². The Kier molecular flexibility index (Phi) is 7.83. The van der Waals surface area contributed by atoms with Gasteiger partial charge in [0.1, 0.15) is 19.0 Å². The average molecular weight is 552 g/mol. The van der Waals surface area contributed by atoms with Crippen molar-refractivity contribution in [2.75, 3.05) is 17.2 Å². The summed E-state index contributed by atoms with van der Waals surface area (Å²) < 4.78 is 14.0. The van der Waals surface area contributed by atoms with E-state index in [-0.39, 0.29) is 11.3 Å². The van der Waals surface area contributed by atoms with Crippen LogP contribution in [-0.2, 0) is 16.8 Å². The second-order valence-electron chi connectivity index (χ2n) is 11.3. The highest BCUT2D eigenvalue weighted by molar-refractivity contribution is 6.06. The summed E-state index contributed by atoms with van der Waals surface area (Å²) in [5.74, 6) is 1.59. The summed E-state index contributed by atoms with van der Waals surface area (Å²) in [7, 11) is 0. The van der Waals surface area contributed by atoms with Gasteiger partial charge in [-0.3, -0.25) is 4.79 Å². The van der Waals surface area contributed by atoms with Crippen LogP contribution in [0.4, 0.5) is 11.6 Å². The van der Waals surface area contributed by atoms with Crippen LogP contribution in [0.2, 0.25) is 0 Å². The minimum atomic E-state index is -0.517. The summed E-state index contributed by atoms with van der Waals surface area (Å²) in [5, 5.41) is 10.7. The molecule has 1 aliphatic rings. The molecule has 0 bridgehead atoms. The summed E-state index contributed by atoms with van der Waals surface area (Å²) in [4.78, 5) is 18.1. The Labute approximate surface area is 241 Å². The molecular formula is C33H37N5O3. The Morgan fingerprint density at radius 3 is 2.49 bits per heavy atom. The number of hydrogen-bond donors (Lipinski definition) is 2. The van der Waals surface area contributed by atoms with E-state index in [1.54, 1.807) is 4.68 Å². The molecule has 8 heteroatoms. The van der Waals surface area contributed by atoms with Crippen LogP contribution in [0.5, 0.6) is 11.5 Å². The Bertz CT molecular complexity index is 1580. The van der Waals surface area contributed by atoms with Crippen molar-refractivity contribution in [2.45, 2.75) is 59.6 Å². The molecule has 8 nitrogen and oxygen atoms in total. The lowest BCUT2D eigenvalue weighted by molar-refractivity contribution is -0.113. The van der Waals surface area contributed by atoms with Gasteiger partial charge in [-0.15, -0.1) is 0 Å². The van der Waals surface area contributed by atoms with Crippen molar-refractivity contribution < 1.29 is 14.3 Å². The number of benzene rings is 3. The van der Waals surface area contributed by atoms with Crippen LogP contribution in [0, 0.1) is 6.92 Å². The van der Waals surface area contributed by atoms with E-state index in [1.807, 2.05) is 63.2 Å². The number of carbonyl (C=O) groups excluding carboxylic acids is 1. The van der Waals surface area contributed by atoms with Crippen molar-refractivity contribution in [3.8, 4) is 11.5 Å². The number of nitrogens with zero attached hydrogens (tertiary/aromatic N) is 3. The molecule has 0 spiro atoms. The Balaban J connectivity index is 1.44. The van der Waals surface area contributed by atoms with E-state index >= 15 is 0 Å². The summed E-state index contributed by atoms with van der Waals surface area (Å²) in [5.41, 5.74) is 6.32. The number of aromatic nitrogens is 3. The second-order valence-corrected chi connectivity index (χ2v) is 11.3. The van der Waals surface area contributed by atoms with Crippen molar-refractivity contribution in [2.24, 2.45) is 0 Å². The molecule has 3 aromatic carbocycles. The maximum absolute atomic E-state index is 13.7. The number of rotatable bonds is 8. The first-order valence-corrected chi connectivity index (χ1v) is 13.9. The van der Waals surface area contributed by atoms with Crippen molar-refractivity contribution in [1.82, 2.24) is 14.8 Å². The topological polar surface area (TPSA) is 90.3 Å². The standard InChI is InChI=1S/C33H37N5O3/c1-7-40-28-18-24(13-16-27(28)41-19-23-11-14-25(15-12-23)33(4,5)6)30-29(22(3)36-32-34-20-35-38(30)32)31(39)37-26-10-8-9-21(2)17-26/h8-18,20,30H,7,19H2,1-6H3,(H,37,39)(H,34,35,36). The maximum atomic E-state index is 13.7. The first-order valence-electron chi connectivity index (χ1n) is 13.9. The third-order valence-corrected chi connectivity index (χ3v) is 7.11. The molecule has 0 fully saturated rings. The van der Waals surface area contributed by atoms with Gasteiger partial charge in [-0.25, -0.2) is 4.68 Å². The van der Waals surface area contributed by atoms with Gasteiger partial charge in [0.05, 0.1) is 12.2 Å². The highest BCUT2D eigenvalue weighted by atomic mass is 16.5. The van der Waals surface area contributed by atoms with Crippen LogP contribution in [0.15, 0.2) is 84.3 Å². The van der Waals surface area contributed by atoms with Gasteiger partial charge in [-0.2, -0.15) is 10.1 Å². The van der Waals surface area contributed by atoms with Crippen molar-refractivity contribution in [1.29, 1.82) is 0 Å². The SMILES string of the molecule is CCOc1cc(C2C(C(=O)Nc3cccc(C)c3)=C(C)Nc3ncnn32)ccc1OCc1ccc(C(C)(C)C)cc1. The molecule has 212 valence electrons. The zero-order valence-electron chi connectivity index (χ0n) is 24.5. The number of allylic oxidation sites excluding steroid dienone is 1. The van der Waals surface area contributed by atoms with Gasteiger partial charge in [0.2, 0.25) is 5.95 Å². The number of fused-ring (bicyclic) bond motifs is 1. The van der Waals surface area contributed by atoms with E-state index in [2.05, 4.69) is 65.8 Å². The third-order valence-electron chi connectivity index (χ3n) is 7.11. The quantitative estimate of drug-likeness (QED) is 0.251. The van der Waals surface area contributed by atoms with Gasteiger partial charge in [0.25, 0.3) is 5.91 Å². The normalized spacial score (nSPS) is 14.7. The monoisotopic (exact) mass is 551 g/mol. The molecule has 1 atom stereocenters. The maximum Gasteiger partial charge on any atom is 0.255 e. The Morgan fingerprint density at radius 2 is 1.78 bits per heavy atom. The summed E-state index contributed by atoms with van der Waals surface area (Å²) in [6.45, 7) is 13.3. The van der Waals surface area contributed by atoms with Gasteiger partial charge in [-0.1, -0.05) is 63.2 Å². The zero-order chi connectivity index (χ0) is 29.1. The van der Waals surface area contributed by atoms with Gasteiger partial charge in [-0.05, 0) is 72.7 Å². The predicted octanol–water partition coefficient (Wildman–Crippen LogP) is 6.79. The van der Waals surface area contributed by atoms with Crippen LogP contribution in [-0.4, -0.2) is 27.3 Å². The molecule has 5 rings (SSSR count). The third kappa shape index (κ3) is 6.11. The highest BCUT2D eigenvalue weighted by Gasteiger charge is 2.34. The van der Waals surface area contributed by atoms with E-state index in [1.165, 1.54) is 11.9 Å². The average Bonchev–Trinajstić information content (AvgIpc) is 3.39. The van der Waals surface area contributed by atoms with Crippen LogP contribution in [0.1, 0.15) is 62.9 Å². The van der Waals surface area contributed by atoms with Gasteiger partial charge in [0, 0.05) is 11.4 Å². The number of anilines is 2. The molecule has 4 aromatic rings. The lowest BCUT2D eigenvalue weighted by Crippen LogP contribution is -2.31. The first kappa shape index (κ1) is 28.0. The number of nitrogens with one attached hydrogen (secondary N) is 2. The van der Waals surface area contributed by atoms with E-state index in [0.29, 0.717) is 41.9 Å². The number of hydrogen-bond acceptors (Lipinski definition) is 6. The van der Waals surface area contributed by atoms with E-state index < -0.39 is 6.04 Å². The summed E-state index contributed by atoms with van der Waals surface area (Å²) >= 11 is 0. The van der Waals surface area contributed by atoms with Crippen LogP contribution < -0.4 is 20.1 Å². The highest BCUT2D eigenvalue weighted by Crippen LogP contribution is 2.39. The number of amides is 1. The van der Waals surface area contributed by atoms with Crippen LogP contribution in [0.25, 0.3) is 0 Å². The number of ether oxygens (including phenoxy) is 2. The van der Waals surface area contributed by atoms with E-state index in [4.69, 9.17) is 9.47 Å². The molecule has 41 heavy (non-hydrogen) atoms. The van der Waals surface area contributed by atoms with Gasteiger partial charge >= 0.3 is 0 Å². The largest absolute Gasteiger partial charge is 0.490 e. The Hall–Kier alpha value is -4.59. The molecule has 2 N–H and O–H groups in total. The molecule has 0 saturated heterocycles. The lowest BCUT2D eigenvalue weighted by atomic mass is 9.87. The molecule has 0 saturated carbocycles. The molecule has 1 unspecified atom stereocenters. The molecule has 0 aliphatic carbocycles. The molecule has 2 heterocycles. The van der Waals surface area contributed by atoms with Gasteiger partial charge < -0.3 is 20.1 Å². The molecule has 1 aromatic heterocycles. The van der Waals surface area contributed by atoms with E-state index in [0.717, 1.165) is 22.4 Å². The van der Waals surface area contributed by atoms with Crippen molar-refractivity contribution in [3.05, 3.63) is 107 Å². The molecule has 0 radical (unpaired) electrons. The fourth-order valence-electron chi connectivity index (χ4n) is 4.96.